The summed E-state index contributed by atoms with van der Waals surface area (Å²) >= 11 is 3.97. The van der Waals surface area contributed by atoms with Crippen LogP contribution in [0.15, 0.2) is 24.3 Å². The summed E-state index contributed by atoms with van der Waals surface area (Å²) in [5.74, 6) is 0.221. The smallest absolute Gasteiger partial charge is 0.150 e. The average Bonchev–Trinajstić information content (AvgIpc) is 2.15. The highest BCUT2D eigenvalue weighted by molar-refractivity contribution is 7.80. The molecule has 0 aliphatic rings. The van der Waals surface area contributed by atoms with Crippen molar-refractivity contribution < 1.29 is 9.18 Å². The maximum Gasteiger partial charge on any atom is 0.150 e. The third kappa shape index (κ3) is 2.70. The number of rotatable bonds is 3. The van der Waals surface area contributed by atoms with Crippen LogP contribution in [0.25, 0.3) is 6.08 Å². The third-order valence-corrected chi connectivity index (χ3v) is 1.79. The van der Waals surface area contributed by atoms with Crippen LogP contribution in [0.4, 0.5) is 4.39 Å². The molecular formula is C10H9FOS. The first-order valence-electron chi connectivity index (χ1n) is 3.80. The van der Waals surface area contributed by atoms with Crippen molar-refractivity contribution in [1.82, 2.24) is 0 Å². The molecule has 0 bridgehead atoms. The number of hydrogen-bond acceptors (Lipinski definition) is 2. The normalized spacial score (nSPS) is 10.6. The second-order valence-electron chi connectivity index (χ2n) is 2.48. The topological polar surface area (TPSA) is 17.1 Å². The van der Waals surface area contributed by atoms with Gasteiger partial charge in [0.25, 0.3) is 0 Å². The van der Waals surface area contributed by atoms with Gasteiger partial charge in [0.15, 0.2) is 6.29 Å². The molecular weight excluding hydrogens is 187 g/mol. The van der Waals surface area contributed by atoms with Gasteiger partial charge in [-0.15, -0.1) is 0 Å². The van der Waals surface area contributed by atoms with Crippen LogP contribution in [0.2, 0.25) is 0 Å². The Bertz CT molecular complexity index is 334. The molecule has 0 spiro atoms. The summed E-state index contributed by atoms with van der Waals surface area (Å²) < 4.78 is 12.7. The van der Waals surface area contributed by atoms with E-state index in [2.05, 4.69) is 12.6 Å². The van der Waals surface area contributed by atoms with Crippen LogP contribution in [0.3, 0.4) is 0 Å². The average molecular weight is 196 g/mol. The van der Waals surface area contributed by atoms with Crippen molar-refractivity contribution in [2.24, 2.45) is 0 Å². The molecule has 0 atom stereocenters. The molecule has 0 fully saturated rings. The fraction of sp³-hybridized carbons (Fsp3) is 0.100. The van der Waals surface area contributed by atoms with Crippen LogP contribution >= 0.6 is 12.6 Å². The Morgan fingerprint density at radius 2 is 2.15 bits per heavy atom. The van der Waals surface area contributed by atoms with Crippen LogP contribution in [-0.4, -0.2) is 12.0 Å². The minimum absolute atomic E-state index is 0.343. The Balaban J connectivity index is 3.08. The van der Waals surface area contributed by atoms with Gasteiger partial charge in [0.1, 0.15) is 5.82 Å². The number of hydrogen-bond donors (Lipinski definition) is 1. The quantitative estimate of drug-likeness (QED) is 0.581. The van der Waals surface area contributed by atoms with Crippen molar-refractivity contribution in [3.63, 3.8) is 0 Å². The minimum Gasteiger partial charge on any atom is -0.298 e. The summed E-state index contributed by atoms with van der Waals surface area (Å²) in [6, 6.07) is 4.05. The lowest BCUT2D eigenvalue weighted by Crippen LogP contribution is -1.87. The number of thiol groups is 1. The maximum absolute atomic E-state index is 12.7. The van der Waals surface area contributed by atoms with Crippen LogP contribution in [0.1, 0.15) is 15.9 Å². The van der Waals surface area contributed by atoms with E-state index < -0.39 is 0 Å². The molecule has 13 heavy (non-hydrogen) atoms. The van der Waals surface area contributed by atoms with Gasteiger partial charge in [-0.3, -0.25) is 4.79 Å². The highest BCUT2D eigenvalue weighted by Crippen LogP contribution is 2.11. The van der Waals surface area contributed by atoms with E-state index in [0.717, 1.165) is 0 Å². The zero-order valence-corrected chi connectivity index (χ0v) is 7.80. The number of carbonyl (C=O) groups excluding carboxylic acids is 1. The van der Waals surface area contributed by atoms with E-state index in [1.807, 2.05) is 0 Å². The summed E-state index contributed by atoms with van der Waals surface area (Å²) in [5.41, 5.74) is 1.07. The van der Waals surface area contributed by atoms with E-state index in [4.69, 9.17) is 0 Å². The molecule has 68 valence electrons. The summed E-state index contributed by atoms with van der Waals surface area (Å²) in [4.78, 5) is 10.5. The molecule has 0 saturated heterocycles. The van der Waals surface area contributed by atoms with Crippen LogP contribution in [0.5, 0.6) is 0 Å². The molecule has 0 aliphatic heterocycles. The van der Waals surface area contributed by atoms with Crippen molar-refractivity contribution in [2.75, 3.05) is 5.75 Å². The Hall–Kier alpha value is -1.09. The van der Waals surface area contributed by atoms with E-state index in [1.165, 1.54) is 18.2 Å². The van der Waals surface area contributed by atoms with Crippen LogP contribution in [-0.2, 0) is 0 Å². The molecule has 1 aromatic rings. The summed E-state index contributed by atoms with van der Waals surface area (Å²) in [6.07, 6.45) is 4.14. The molecule has 0 heterocycles. The van der Waals surface area contributed by atoms with Gasteiger partial charge in [-0.1, -0.05) is 12.2 Å². The number of carbonyl (C=O) groups is 1. The van der Waals surface area contributed by atoms with Crippen molar-refractivity contribution in [3.05, 3.63) is 41.2 Å². The first kappa shape index (κ1) is 9.99. The standard InChI is InChI=1S/C10H9FOS/c11-10-4-3-9(7-12)8(6-10)2-1-5-13/h1-4,6-7,13H,5H2. The monoisotopic (exact) mass is 196 g/mol. The lowest BCUT2D eigenvalue weighted by molar-refractivity contribution is 0.112. The third-order valence-electron chi connectivity index (χ3n) is 1.58. The first-order chi connectivity index (χ1) is 6.27. The van der Waals surface area contributed by atoms with E-state index in [9.17, 15) is 9.18 Å². The molecule has 1 rings (SSSR count). The molecule has 0 N–H and O–H groups in total. The minimum atomic E-state index is -0.343. The summed E-state index contributed by atoms with van der Waals surface area (Å²) in [7, 11) is 0. The number of aldehydes is 1. The largest absolute Gasteiger partial charge is 0.298 e. The second-order valence-corrected chi connectivity index (χ2v) is 2.84. The van der Waals surface area contributed by atoms with Gasteiger partial charge in [-0.05, 0) is 23.8 Å². The predicted molar refractivity (Wildman–Crippen MR) is 54.7 cm³/mol. The SMILES string of the molecule is O=Cc1ccc(F)cc1C=CCS. The van der Waals surface area contributed by atoms with Crippen molar-refractivity contribution in [2.45, 2.75) is 0 Å². The van der Waals surface area contributed by atoms with Gasteiger partial charge in [0.2, 0.25) is 0 Å². The molecule has 0 aliphatic carbocycles. The van der Waals surface area contributed by atoms with Crippen molar-refractivity contribution >= 4 is 25.0 Å². The van der Waals surface area contributed by atoms with Gasteiger partial charge < -0.3 is 0 Å². The molecule has 0 saturated carbocycles. The highest BCUT2D eigenvalue weighted by atomic mass is 32.1. The molecule has 3 heteroatoms. The fourth-order valence-corrected chi connectivity index (χ4v) is 1.08. The van der Waals surface area contributed by atoms with Gasteiger partial charge in [0.05, 0.1) is 0 Å². The maximum atomic E-state index is 12.7. The van der Waals surface area contributed by atoms with Crippen molar-refractivity contribution in [3.8, 4) is 0 Å². The van der Waals surface area contributed by atoms with Crippen LogP contribution < -0.4 is 0 Å². The van der Waals surface area contributed by atoms with Gasteiger partial charge in [0, 0.05) is 11.3 Å². The Labute approximate surface area is 81.7 Å². The predicted octanol–water partition coefficient (Wildman–Crippen LogP) is 2.58. The second kappa shape index (κ2) is 4.82. The molecule has 0 unspecified atom stereocenters. The first-order valence-corrected chi connectivity index (χ1v) is 4.43. The van der Waals surface area contributed by atoms with Gasteiger partial charge in [-0.2, -0.15) is 12.6 Å². The zero-order valence-electron chi connectivity index (χ0n) is 6.90. The van der Waals surface area contributed by atoms with Gasteiger partial charge >= 0.3 is 0 Å². The molecule has 0 amide bonds. The fourth-order valence-electron chi connectivity index (χ4n) is 0.977. The van der Waals surface area contributed by atoms with Crippen LogP contribution in [0, 0.1) is 5.82 Å². The molecule has 1 nitrogen and oxygen atoms in total. The number of benzene rings is 1. The van der Waals surface area contributed by atoms with E-state index >= 15 is 0 Å². The van der Waals surface area contributed by atoms with E-state index in [1.54, 1.807) is 12.2 Å². The van der Waals surface area contributed by atoms with E-state index in [-0.39, 0.29) is 5.82 Å². The van der Waals surface area contributed by atoms with Gasteiger partial charge in [-0.25, -0.2) is 4.39 Å². The Morgan fingerprint density at radius 1 is 1.38 bits per heavy atom. The van der Waals surface area contributed by atoms with E-state index in [0.29, 0.717) is 23.2 Å². The lowest BCUT2D eigenvalue weighted by atomic mass is 10.1. The Kier molecular flexibility index (Phi) is 3.71. The highest BCUT2D eigenvalue weighted by Gasteiger charge is 1.98. The van der Waals surface area contributed by atoms with Crippen molar-refractivity contribution in [1.29, 1.82) is 0 Å². The summed E-state index contributed by atoms with van der Waals surface area (Å²) in [5, 5.41) is 0. The number of halogens is 1. The molecule has 0 aromatic heterocycles. The molecule has 1 aromatic carbocycles. The zero-order chi connectivity index (χ0) is 9.68. The summed E-state index contributed by atoms with van der Waals surface area (Å²) in [6.45, 7) is 0. The lowest BCUT2D eigenvalue weighted by Gasteiger charge is -1.97. The Morgan fingerprint density at radius 3 is 2.77 bits per heavy atom. The molecule has 0 radical (unpaired) electrons.